The molecule has 54 heavy (non-hydrogen) atoms. The lowest BCUT2D eigenvalue weighted by Gasteiger charge is -2.30. The first-order chi connectivity index (χ1) is 26.0. The summed E-state index contributed by atoms with van der Waals surface area (Å²) in [5, 5.41) is 14.6. The Morgan fingerprint density at radius 2 is 1.81 bits per heavy atom. The van der Waals surface area contributed by atoms with Gasteiger partial charge >= 0.3 is 12.2 Å². The number of carbonyl (C=O) groups excluding carboxylic acids is 2. The molecule has 2 saturated heterocycles. The monoisotopic (exact) mass is 735 g/mol. The summed E-state index contributed by atoms with van der Waals surface area (Å²) < 4.78 is 16.5. The molecule has 0 spiro atoms. The second-order valence-electron chi connectivity index (χ2n) is 15.2. The summed E-state index contributed by atoms with van der Waals surface area (Å²) in [5.74, 6) is 2.21. The summed E-state index contributed by atoms with van der Waals surface area (Å²) in [4.78, 5) is 57.7. The lowest BCUT2D eigenvalue weighted by atomic mass is 9.92. The summed E-state index contributed by atoms with van der Waals surface area (Å²) in [6.45, 7) is 7.78. The zero-order valence-corrected chi connectivity index (χ0v) is 31.0. The number of aromatic amines is 2. The van der Waals surface area contributed by atoms with Crippen molar-refractivity contribution in [1.29, 1.82) is 0 Å². The minimum atomic E-state index is -0.964. The Labute approximate surface area is 312 Å². The average Bonchev–Trinajstić information content (AvgIpc) is 3.98. The van der Waals surface area contributed by atoms with E-state index in [0.29, 0.717) is 44.4 Å². The second-order valence-corrected chi connectivity index (χ2v) is 15.2. The molecular formula is C40H45N7O7. The zero-order chi connectivity index (χ0) is 37.8. The van der Waals surface area contributed by atoms with Gasteiger partial charge in [0, 0.05) is 37.1 Å². The van der Waals surface area contributed by atoms with E-state index in [1.807, 2.05) is 37.1 Å². The molecule has 5 atom stereocenters. The fraction of sp³-hybridized carbons (Fsp3) is 0.425. The van der Waals surface area contributed by atoms with Crippen molar-refractivity contribution >= 4 is 39.9 Å². The Kier molecular flexibility index (Phi) is 9.16. The largest absolute Gasteiger partial charge is 0.488 e. The van der Waals surface area contributed by atoms with Gasteiger partial charge in [0.1, 0.15) is 30.0 Å². The molecule has 0 bridgehead atoms. The number of ether oxygens (including phenoxy) is 3. The number of hydrogen-bond donors (Lipinski definition) is 4. The van der Waals surface area contributed by atoms with Crippen molar-refractivity contribution in [2.45, 2.75) is 58.3 Å². The van der Waals surface area contributed by atoms with Crippen molar-refractivity contribution in [2.75, 3.05) is 33.9 Å². The Morgan fingerprint density at radius 3 is 2.57 bits per heavy atom. The van der Waals surface area contributed by atoms with Crippen molar-refractivity contribution in [3.63, 3.8) is 0 Å². The highest BCUT2D eigenvalue weighted by atomic mass is 16.5. The van der Waals surface area contributed by atoms with E-state index in [1.54, 1.807) is 7.11 Å². The van der Waals surface area contributed by atoms with Gasteiger partial charge in [-0.1, -0.05) is 39.0 Å². The van der Waals surface area contributed by atoms with Crippen LogP contribution in [-0.2, 0) is 20.9 Å². The molecule has 0 aliphatic carbocycles. The molecule has 3 amide bonds. The number of methoxy groups -OCH3 is 2. The Morgan fingerprint density at radius 1 is 1.00 bits per heavy atom. The first-order valence-corrected chi connectivity index (χ1v) is 18.4. The van der Waals surface area contributed by atoms with Gasteiger partial charge in [-0.15, -0.1) is 0 Å². The maximum Gasteiger partial charge on any atom is 0.407 e. The quantitative estimate of drug-likeness (QED) is 0.136. The average molecular weight is 736 g/mol. The van der Waals surface area contributed by atoms with Gasteiger partial charge in [-0.05, 0) is 71.0 Å². The van der Waals surface area contributed by atoms with Gasteiger partial charge in [0.15, 0.2) is 0 Å². The molecule has 2 aromatic heterocycles. The molecule has 14 heteroatoms. The summed E-state index contributed by atoms with van der Waals surface area (Å²) >= 11 is 0. The molecule has 5 aromatic rings. The van der Waals surface area contributed by atoms with Crippen LogP contribution < -0.4 is 10.1 Å². The number of amides is 3. The Bertz CT molecular complexity index is 2260. The fourth-order valence-corrected chi connectivity index (χ4v) is 8.46. The highest BCUT2D eigenvalue weighted by molar-refractivity contribution is 6.07. The molecule has 282 valence electrons. The maximum absolute atomic E-state index is 13.7. The molecule has 3 aliphatic rings. The minimum absolute atomic E-state index is 0.107. The maximum atomic E-state index is 13.7. The van der Waals surface area contributed by atoms with E-state index in [9.17, 15) is 19.5 Å². The molecule has 0 radical (unpaired) electrons. The van der Waals surface area contributed by atoms with E-state index in [-0.39, 0.29) is 35.7 Å². The topological polar surface area (TPSA) is 175 Å². The van der Waals surface area contributed by atoms with Gasteiger partial charge in [-0.3, -0.25) is 9.69 Å². The van der Waals surface area contributed by atoms with Crippen LogP contribution in [0.2, 0.25) is 0 Å². The summed E-state index contributed by atoms with van der Waals surface area (Å²) in [6.07, 6.45) is 1.61. The number of rotatable bonds is 8. The third-order valence-corrected chi connectivity index (χ3v) is 11.1. The third kappa shape index (κ3) is 6.27. The van der Waals surface area contributed by atoms with Gasteiger partial charge in [0.05, 0.1) is 48.7 Å². The predicted molar refractivity (Wildman–Crippen MR) is 201 cm³/mol. The third-order valence-electron chi connectivity index (χ3n) is 11.1. The van der Waals surface area contributed by atoms with Crippen molar-refractivity contribution in [1.82, 2.24) is 35.1 Å². The number of carboxylic acid groups (broad SMARTS) is 1. The van der Waals surface area contributed by atoms with Crippen LogP contribution in [0.1, 0.15) is 62.9 Å². The molecule has 3 aliphatic heterocycles. The van der Waals surface area contributed by atoms with E-state index in [4.69, 9.17) is 24.2 Å². The van der Waals surface area contributed by atoms with E-state index in [1.165, 1.54) is 12.0 Å². The summed E-state index contributed by atoms with van der Waals surface area (Å²) in [5.41, 5.74) is 6.52. The van der Waals surface area contributed by atoms with Crippen LogP contribution in [0.4, 0.5) is 9.59 Å². The van der Waals surface area contributed by atoms with Gasteiger partial charge in [-0.2, -0.15) is 0 Å². The fourth-order valence-electron chi connectivity index (χ4n) is 8.46. The van der Waals surface area contributed by atoms with E-state index < -0.39 is 18.2 Å². The number of carbonyl (C=O) groups is 3. The SMILES string of the molecule is COC[C@H]1C[C@@H](c2nc3c(ccc4cc5c(cc43)OCc3cc(-c4cnc(C6CC(C)CN6C(=O)[C@@H](NC(=O)OC)C(C)C)[nH]4)ccc3-5)[nH]2)N(C(=O)O)C1. The van der Waals surface area contributed by atoms with Gasteiger partial charge in [-0.25, -0.2) is 19.6 Å². The normalized spacial score (nSPS) is 21.3. The first-order valence-electron chi connectivity index (χ1n) is 18.4. The molecule has 2 unspecified atom stereocenters. The van der Waals surface area contributed by atoms with Gasteiger partial charge < -0.3 is 39.5 Å². The molecular weight excluding hydrogens is 690 g/mol. The number of nitrogens with zero attached hydrogens (tertiary/aromatic N) is 4. The number of benzene rings is 3. The van der Waals surface area contributed by atoms with E-state index in [0.717, 1.165) is 61.9 Å². The van der Waals surface area contributed by atoms with Crippen LogP contribution in [0.5, 0.6) is 5.75 Å². The lowest BCUT2D eigenvalue weighted by molar-refractivity contribution is -0.135. The highest BCUT2D eigenvalue weighted by Crippen LogP contribution is 2.44. The van der Waals surface area contributed by atoms with Crippen LogP contribution in [0.25, 0.3) is 44.2 Å². The smallest absolute Gasteiger partial charge is 0.407 e. The van der Waals surface area contributed by atoms with Crippen molar-refractivity contribution < 1.29 is 33.7 Å². The number of aromatic nitrogens is 4. The molecule has 14 nitrogen and oxygen atoms in total. The van der Waals surface area contributed by atoms with E-state index >= 15 is 0 Å². The first kappa shape index (κ1) is 35.4. The van der Waals surface area contributed by atoms with Crippen molar-refractivity contribution in [2.24, 2.45) is 17.8 Å². The van der Waals surface area contributed by atoms with Crippen LogP contribution in [0.15, 0.2) is 48.7 Å². The lowest BCUT2D eigenvalue weighted by Crippen LogP contribution is -2.51. The zero-order valence-electron chi connectivity index (χ0n) is 31.0. The van der Waals surface area contributed by atoms with Gasteiger partial charge in [0.2, 0.25) is 5.91 Å². The molecule has 2 fully saturated rings. The Balaban J connectivity index is 1.05. The molecule has 5 heterocycles. The number of imidazole rings is 2. The summed E-state index contributed by atoms with van der Waals surface area (Å²) in [7, 11) is 2.92. The minimum Gasteiger partial charge on any atom is -0.488 e. The molecule has 4 N–H and O–H groups in total. The predicted octanol–water partition coefficient (Wildman–Crippen LogP) is 6.64. The van der Waals surface area contributed by atoms with Crippen molar-refractivity contribution in [3.8, 4) is 28.1 Å². The number of hydrogen-bond acceptors (Lipinski definition) is 8. The number of H-pyrrole nitrogens is 2. The molecule has 8 rings (SSSR count). The van der Waals surface area contributed by atoms with Gasteiger partial charge in [0.25, 0.3) is 0 Å². The van der Waals surface area contributed by atoms with Crippen LogP contribution in [0.3, 0.4) is 0 Å². The standard InChI is InChI=1S/C40H45N7O7/c1-20(2)34(45-39(49)53-5)38(48)46-16-21(3)10-31(46)36-41-15-30(43-36)24-6-8-26-25(12-24)19-54-33-14-27-23(13-28(26)33)7-9-29-35(27)44-37(42-29)32-11-22(18-52-4)17-47(32)40(50)51/h6-9,12-15,20-22,31-32,34H,10-11,16-19H2,1-5H3,(H,41,43)(H,42,44)(H,45,49)(H,50,51)/t21?,22-,31?,32-,34-/m0/s1. The van der Waals surface area contributed by atoms with Crippen molar-refractivity contribution in [3.05, 3.63) is 65.9 Å². The second kappa shape index (κ2) is 14.0. The molecule has 0 saturated carbocycles. The summed E-state index contributed by atoms with van der Waals surface area (Å²) in [6, 6.07) is 13.2. The number of fused-ring (bicyclic) bond motifs is 6. The number of likely N-dealkylation sites (tertiary alicyclic amines) is 2. The molecule has 3 aromatic carbocycles. The number of nitrogens with one attached hydrogen (secondary N) is 3. The van der Waals surface area contributed by atoms with Crippen LogP contribution in [0, 0.1) is 17.8 Å². The van der Waals surface area contributed by atoms with Crippen LogP contribution in [-0.4, -0.2) is 92.9 Å². The van der Waals surface area contributed by atoms with E-state index in [2.05, 4.69) is 52.5 Å². The number of alkyl carbamates (subject to hydrolysis) is 1. The highest BCUT2D eigenvalue weighted by Gasteiger charge is 2.41. The van der Waals surface area contributed by atoms with Crippen LogP contribution >= 0.6 is 0 Å². The Hall–Kier alpha value is -5.63.